The third kappa shape index (κ3) is 3.82. The van der Waals surface area contributed by atoms with Crippen LogP contribution in [0.15, 0.2) is 10.8 Å². The predicted molar refractivity (Wildman–Crippen MR) is 68.3 cm³/mol. The number of fused-ring (bicyclic) bond motifs is 1. The van der Waals surface area contributed by atoms with Gasteiger partial charge in [0.1, 0.15) is 6.61 Å². The molecule has 1 aliphatic rings. The molecule has 0 spiro atoms. The van der Waals surface area contributed by atoms with Crippen LogP contribution in [0.1, 0.15) is 0 Å². The van der Waals surface area contributed by atoms with Crippen LogP contribution in [0.3, 0.4) is 0 Å². The van der Waals surface area contributed by atoms with E-state index in [0.717, 1.165) is 5.75 Å². The molecule has 1 aromatic heterocycles. The highest BCUT2D eigenvalue weighted by molar-refractivity contribution is 7.85. The fourth-order valence-electron chi connectivity index (χ4n) is 1.43. The summed E-state index contributed by atoms with van der Waals surface area (Å²) in [6.45, 7) is 0.526. The Morgan fingerprint density at radius 2 is 2.17 bits per heavy atom. The van der Waals surface area contributed by atoms with Crippen molar-refractivity contribution in [2.75, 3.05) is 26.0 Å². The molecule has 0 fully saturated rings. The first-order valence-electron chi connectivity index (χ1n) is 4.97. The summed E-state index contributed by atoms with van der Waals surface area (Å²) in [4.78, 5) is 1.69. The van der Waals surface area contributed by atoms with E-state index in [-0.39, 0.29) is 24.7 Å². The lowest BCUT2D eigenvalue weighted by atomic mass is 10.4. The van der Waals surface area contributed by atoms with Gasteiger partial charge in [0.2, 0.25) is 0 Å². The Kier molecular flexibility index (Phi) is 4.93. The molecule has 9 heteroatoms. The summed E-state index contributed by atoms with van der Waals surface area (Å²) in [5.41, 5.74) is 0. The fraction of sp³-hybridized carbons (Fsp3) is 0.556. The molecule has 0 aromatic carbocycles. The van der Waals surface area contributed by atoms with Crippen LogP contribution in [0.25, 0.3) is 0 Å². The highest BCUT2D eigenvalue weighted by Gasteiger charge is 2.25. The third-order valence-electron chi connectivity index (χ3n) is 2.43. The number of thiophene rings is 1. The molecule has 1 atom stereocenters. The van der Waals surface area contributed by atoms with Crippen molar-refractivity contribution in [3.63, 3.8) is 0 Å². The Hall–Kier alpha value is -0.870. The van der Waals surface area contributed by atoms with Gasteiger partial charge in [-0.1, -0.05) is 0 Å². The smallest absolute Gasteiger partial charge is 0.266 e. The lowest BCUT2D eigenvalue weighted by molar-refractivity contribution is -0.0115. The van der Waals surface area contributed by atoms with Gasteiger partial charge in [0, 0.05) is 17.3 Å². The Bertz CT molecular complexity index is 487. The Morgan fingerprint density at radius 1 is 1.50 bits per heavy atom. The van der Waals surface area contributed by atoms with Gasteiger partial charge in [-0.25, -0.2) is 0 Å². The summed E-state index contributed by atoms with van der Waals surface area (Å²) in [6, 6.07) is 0. The third-order valence-corrected chi connectivity index (χ3v) is 3.83. The quantitative estimate of drug-likeness (QED) is 0.791. The Labute approximate surface area is 110 Å². The van der Waals surface area contributed by atoms with Crippen LogP contribution in [0, 0.1) is 0 Å². The topological polar surface area (TPSA) is 111 Å². The minimum atomic E-state index is -3.94. The molecule has 0 radical (unpaired) electrons. The van der Waals surface area contributed by atoms with E-state index in [1.54, 1.807) is 11.9 Å². The van der Waals surface area contributed by atoms with Gasteiger partial charge in [-0.15, -0.1) is 11.3 Å². The van der Waals surface area contributed by atoms with Crippen molar-refractivity contribution < 1.29 is 22.4 Å². The van der Waals surface area contributed by atoms with E-state index in [4.69, 9.17) is 14.0 Å². The van der Waals surface area contributed by atoms with Gasteiger partial charge in [-0.05, 0) is 7.05 Å². The summed E-state index contributed by atoms with van der Waals surface area (Å²) >= 11 is 1.48. The Balaban J connectivity index is 0.00000162. The molecule has 0 saturated heterocycles. The molecule has 1 unspecified atom stereocenters. The molecular weight excluding hydrogens is 280 g/mol. The zero-order chi connectivity index (χ0) is 12.5. The molecule has 7 nitrogen and oxygen atoms in total. The molecule has 0 saturated carbocycles. The summed E-state index contributed by atoms with van der Waals surface area (Å²) < 4.78 is 41.0. The molecule has 104 valence electrons. The van der Waals surface area contributed by atoms with Crippen LogP contribution in [-0.4, -0.2) is 50.1 Å². The molecule has 2 heterocycles. The first-order valence-corrected chi connectivity index (χ1v) is 7.52. The minimum absolute atomic E-state index is 0. The van der Waals surface area contributed by atoms with Crippen LogP contribution < -0.4 is 15.6 Å². The van der Waals surface area contributed by atoms with E-state index >= 15 is 0 Å². The zero-order valence-corrected chi connectivity index (χ0v) is 11.5. The van der Waals surface area contributed by atoms with E-state index < -0.39 is 10.1 Å². The van der Waals surface area contributed by atoms with Crippen molar-refractivity contribution in [1.29, 1.82) is 0 Å². The normalized spacial score (nSPS) is 18.5. The molecule has 1 aromatic rings. The molecule has 1 aliphatic heterocycles. The van der Waals surface area contributed by atoms with Crippen molar-refractivity contribution in [3.8, 4) is 11.5 Å². The molecular formula is C9H16N2O5S2. The minimum Gasteiger partial charge on any atom is -0.483 e. The second-order valence-electron chi connectivity index (χ2n) is 3.75. The van der Waals surface area contributed by atoms with Crippen LogP contribution in [0.5, 0.6) is 11.5 Å². The first-order chi connectivity index (χ1) is 7.96. The van der Waals surface area contributed by atoms with Crippen LogP contribution in [0.4, 0.5) is 0 Å². The van der Waals surface area contributed by atoms with Gasteiger partial charge in [-0.3, -0.25) is 9.45 Å². The van der Waals surface area contributed by atoms with Gasteiger partial charge in [0.25, 0.3) is 10.1 Å². The van der Waals surface area contributed by atoms with E-state index in [1.165, 1.54) is 11.3 Å². The van der Waals surface area contributed by atoms with Gasteiger partial charge >= 0.3 is 0 Å². The molecule has 2 rings (SSSR count). The Morgan fingerprint density at radius 3 is 2.83 bits per heavy atom. The van der Waals surface area contributed by atoms with Crippen LogP contribution in [-0.2, 0) is 10.1 Å². The average molecular weight is 296 g/mol. The van der Waals surface area contributed by atoms with Gasteiger partial charge in [-0.2, -0.15) is 8.42 Å². The van der Waals surface area contributed by atoms with Crippen molar-refractivity contribution >= 4 is 21.5 Å². The monoisotopic (exact) mass is 296 g/mol. The summed E-state index contributed by atoms with van der Waals surface area (Å²) in [7, 11) is -2.22. The number of nitrogens with zero attached hydrogens (tertiary/aromatic N) is 1. The van der Waals surface area contributed by atoms with Gasteiger partial charge < -0.3 is 15.6 Å². The molecule has 0 bridgehead atoms. The zero-order valence-electron chi connectivity index (χ0n) is 9.90. The lowest BCUT2D eigenvalue weighted by Gasteiger charge is -2.31. The maximum atomic E-state index is 10.6. The van der Waals surface area contributed by atoms with Crippen LogP contribution in [0.2, 0.25) is 0 Å². The molecule has 4 N–H and O–H groups in total. The number of hydrogen-bond donors (Lipinski definition) is 2. The van der Waals surface area contributed by atoms with Crippen molar-refractivity contribution in [3.05, 3.63) is 10.8 Å². The SMILES string of the molecule is CN(CCS(=O)(=O)O)C1COc2cscc2O1.N. The predicted octanol–water partition coefficient (Wildman–Crippen LogP) is 0.827. The van der Waals surface area contributed by atoms with E-state index in [1.807, 2.05) is 10.8 Å². The van der Waals surface area contributed by atoms with Crippen molar-refractivity contribution in [2.45, 2.75) is 6.23 Å². The second-order valence-corrected chi connectivity index (χ2v) is 6.07. The van der Waals surface area contributed by atoms with E-state index in [9.17, 15) is 8.42 Å². The van der Waals surface area contributed by atoms with Gasteiger partial charge in [0.05, 0.1) is 5.75 Å². The lowest BCUT2D eigenvalue weighted by Crippen LogP contribution is -2.44. The fourth-order valence-corrected chi connectivity index (χ4v) is 2.62. The highest BCUT2D eigenvalue weighted by atomic mass is 32.2. The highest BCUT2D eigenvalue weighted by Crippen LogP contribution is 2.35. The second kappa shape index (κ2) is 5.85. The number of likely N-dealkylation sites (N-methyl/N-ethyl adjacent to an activating group) is 1. The molecule has 18 heavy (non-hydrogen) atoms. The molecule has 0 aliphatic carbocycles. The standard InChI is InChI=1S/C9H13NO5S2.H3N/c1-10(2-3-17(11,12)13)9-4-14-7-5-16-6-8(7)15-9;/h5-6,9H,2-4H2,1H3,(H,11,12,13);1H3. The van der Waals surface area contributed by atoms with Gasteiger partial charge in [0.15, 0.2) is 17.7 Å². The van der Waals surface area contributed by atoms with Crippen LogP contribution >= 0.6 is 11.3 Å². The summed E-state index contributed by atoms with van der Waals surface area (Å²) in [5.74, 6) is 1.07. The maximum absolute atomic E-state index is 10.6. The van der Waals surface area contributed by atoms with E-state index in [0.29, 0.717) is 12.4 Å². The summed E-state index contributed by atoms with van der Waals surface area (Å²) in [5, 5.41) is 3.68. The number of ether oxygens (including phenoxy) is 2. The van der Waals surface area contributed by atoms with Crippen molar-refractivity contribution in [2.24, 2.45) is 0 Å². The summed E-state index contributed by atoms with van der Waals surface area (Å²) in [6.07, 6.45) is -0.334. The van der Waals surface area contributed by atoms with E-state index in [2.05, 4.69) is 0 Å². The molecule has 0 amide bonds. The largest absolute Gasteiger partial charge is 0.483 e. The van der Waals surface area contributed by atoms with Crippen molar-refractivity contribution in [1.82, 2.24) is 11.1 Å². The average Bonchev–Trinajstić information content (AvgIpc) is 2.71. The number of rotatable bonds is 4. The number of hydrogen-bond acceptors (Lipinski definition) is 7. The maximum Gasteiger partial charge on any atom is 0.266 e. The first kappa shape index (κ1) is 15.2.